The van der Waals surface area contributed by atoms with E-state index in [0.29, 0.717) is 26.2 Å². The van der Waals surface area contributed by atoms with E-state index in [1.54, 1.807) is 14.0 Å². The lowest BCUT2D eigenvalue weighted by Gasteiger charge is -2.13. The van der Waals surface area contributed by atoms with Crippen molar-refractivity contribution in [3.8, 4) is 0 Å². The van der Waals surface area contributed by atoms with Gasteiger partial charge in [-0.15, -0.1) is 0 Å². The zero-order chi connectivity index (χ0) is 12.4. The van der Waals surface area contributed by atoms with Crippen LogP contribution in [0.4, 0.5) is 0 Å². The van der Waals surface area contributed by atoms with Crippen LogP contribution in [0.5, 0.6) is 0 Å². The highest BCUT2D eigenvalue weighted by atomic mass is 16.5. The predicted molar refractivity (Wildman–Crippen MR) is 61.0 cm³/mol. The van der Waals surface area contributed by atoms with Crippen LogP contribution in [0, 0.1) is 0 Å². The average Bonchev–Trinajstić information content (AvgIpc) is 2.24. The van der Waals surface area contributed by atoms with Crippen molar-refractivity contribution < 1.29 is 14.3 Å². The van der Waals surface area contributed by atoms with Gasteiger partial charge >= 0.3 is 0 Å². The highest BCUT2D eigenvalue weighted by Gasteiger charge is 2.10. The van der Waals surface area contributed by atoms with Crippen LogP contribution in [0.2, 0.25) is 0 Å². The van der Waals surface area contributed by atoms with Gasteiger partial charge < -0.3 is 20.7 Å². The Morgan fingerprint density at radius 3 is 2.44 bits per heavy atom. The Morgan fingerprint density at radius 1 is 1.19 bits per heavy atom. The molecule has 0 bridgehead atoms. The number of ether oxygens (including phenoxy) is 1. The number of rotatable bonds is 8. The second-order valence-corrected chi connectivity index (χ2v) is 3.44. The Bertz CT molecular complexity index is 221. The van der Waals surface area contributed by atoms with E-state index in [1.165, 1.54) is 6.92 Å². The van der Waals surface area contributed by atoms with Crippen molar-refractivity contribution in [2.45, 2.75) is 19.9 Å². The lowest BCUT2D eigenvalue weighted by molar-refractivity contribution is -0.122. The molecular weight excluding hydrogens is 210 g/mol. The molecule has 0 fully saturated rings. The lowest BCUT2D eigenvalue weighted by atomic mass is 10.3. The Kier molecular flexibility index (Phi) is 8.46. The fourth-order valence-corrected chi connectivity index (χ4v) is 1.05. The quantitative estimate of drug-likeness (QED) is 0.462. The molecule has 0 saturated heterocycles. The van der Waals surface area contributed by atoms with Gasteiger partial charge in [-0.2, -0.15) is 0 Å². The van der Waals surface area contributed by atoms with Gasteiger partial charge in [0.25, 0.3) is 0 Å². The summed E-state index contributed by atoms with van der Waals surface area (Å²) in [6, 6.07) is -0.273. The molecule has 0 aliphatic heterocycles. The summed E-state index contributed by atoms with van der Waals surface area (Å²) in [7, 11) is 1.58. The highest BCUT2D eigenvalue weighted by Crippen LogP contribution is 1.80. The monoisotopic (exact) mass is 231 g/mol. The van der Waals surface area contributed by atoms with Crippen LogP contribution in [-0.4, -0.2) is 51.2 Å². The maximum atomic E-state index is 11.4. The van der Waals surface area contributed by atoms with Crippen molar-refractivity contribution >= 4 is 11.8 Å². The van der Waals surface area contributed by atoms with E-state index in [-0.39, 0.29) is 17.9 Å². The molecule has 0 radical (unpaired) electrons. The second kappa shape index (κ2) is 9.11. The van der Waals surface area contributed by atoms with E-state index in [1.807, 2.05) is 0 Å². The zero-order valence-corrected chi connectivity index (χ0v) is 10.1. The fourth-order valence-electron chi connectivity index (χ4n) is 1.05. The number of methoxy groups -OCH3 is 1. The molecule has 1 atom stereocenters. The number of hydrogen-bond donors (Lipinski definition) is 3. The van der Waals surface area contributed by atoms with Gasteiger partial charge in [0.05, 0.1) is 12.6 Å². The van der Waals surface area contributed by atoms with Crippen LogP contribution in [-0.2, 0) is 14.3 Å². The Balaban J connectivity index is 3.51. The van der Waals surface area contributed by atoms with Gasteiger partial charge in [0.1, 0.15) is 0 Å². The Morgan fingerprint density at radius 2 is 1.88 bits per heavy atom. The normalized spacial score (nSPS) is 11.9. The van der Waals surface area contributed by atoms with Crippen LogP contribution in [0.3, 0.4) is 0 Å². The molecular formula is C10H21N3O3. The summed E-state index contributed by atoms with van der Waals surface area (Å²) in [6.07, 6.45) is 0. The minimum Gasteiger partial charge on any atom is -0.383 e. The van der Waals surface area contributed by atoms with Crippen molar-refractivity contribution in [3.05, 3.63) is 0 Å². The summed E-state index contributed by atoms with van der Waals surface area (Å²) in [5.41, 5.74) is 0. The summed E-state index contributed by atoms with van der Waals surface area (Å²) < 4.78 is 4.81. The molecule has 2 amide bonds. The average molecular weight is 231 g/mol. The number of carbonyl (C=O) groups is 2. The summed E-state index contributed by atoms with van der Waals surface area (Å²) in [5, 5.41) is 8.36. The smallest absolute Gasteiger partial charge is 0.236 e. The molecule has 0 aromatic rings. The molecule has 0 aromatic carbocycles. The molecule has 0 aliphatic carbocycles. The topological polar surface area (TPSA) is 79.5 Å². The van der Waals surface area contributed by atoms with Crippen molar-refractivity contribution in [2.75, 3.05) is 33.4 Å². The summed E-state index contributed by atoms with van der Waals surface area (Å²) in [6.45, 7) is 5.33. The molecule has 6 heteroatoms. The van der Waals surface area contributed by atoms with E-state index in [4.69, 9.17) is 4.74 Å². The molecule has 16 heavy (non-hydrogen) atoms. The van der Waals surface area contributed by atoms with Crippen LogP contribution >= 0.6 is 0 Å². The van der Waals surface area contributed by atoms with Gasteiger partial charge in [-0.05, 0) is 6.92 Å². The first-order valence-electron chi connectivity index (χ1n) is 5.32. The van der Waals surface area contributed by atoms with Crippen molar-refractivity contribution in [3.63, 3.8) is 0 Å². The first-order chi connectivity index (χ1) is 7.57. The minimum absolute atomic E-state index is 0.0696. The molecule has 6 nitrogen and oxygen atoms in total. The molecule has 0 rings (SSSR count). The SMILES string of the molecule is COCCNC(=O)C(C)NCCNC(C)=O. The van der Waals surface area contributed by atoms with Crippen LogP contribution < -0.4 is 16.0 Å². The van der Waals surface area contributed by atoms with Crippen LogP contribution in [0.25, 0.3) is 0 Å². The van der Waals surface area contributed by atoms with Crippen molar-refractivity contribution in [2.24, 2.45) is 0 Å². The summed E-state index contributed by atoms with van der Waals surface area (Å²) in [5.74, 6) is -0.140. The van der Waals surface area contributed by atoms with E-state index in [0.717, 1.165) is 0 Å². The molecule has 0 spiro atoms. The van der Waals surface area contributed by atoms with Gasteiger partial charge in [0.2, 0.25) is 11.8 Å². The number of amides is 2. The van der Waals surface area contributed by atoms with Gasteiger partial charge in [-0.25, -0.2) is 0 Å². The third-order valence-electron chi connectivity index (χ3n) is 1.95. The van der Waals surface area contributed by atoms with E-state index in [2.05, 4.69) is 16.0 Å². The largest absolute Gasteiger partial charge is 0.383 e. The third-order valence-corrected chi connectivity index (χ3v) is 1.95. The fraction of sp³-hybridized carbons (Fsp3) is 0.800. The highest BCUT2D eigenvalue weighted by molar-refractivity contribution is 5.81. The minimum atomic E-state index is -0.273. The molecule has 3 N–H and O–H groups in total. The van der Waals surface area contributed by atoms with Crippen molar-refractivity contribution in [1.82, 2.24) is 16.0 Å². The van der Waals surface area contributed by atoms with E-state index >= 15 is 0 Å². The standard InChI is InChI=1S/C10H21N3O3/c1-8(10(15)13-6-7-16-3)11-4-5-12-9(2)14/h8,11H,4-7H2,1-3H3,(H,12,14)(H,13,15). The Hall–Kier alpha value is -1.14. The van der Waals surface area contributed by atoms with Gasteiger partial charge in [0, 0.05) is 33.7 Å². The predicted octanol–water partition coefficient (Wildman–Crippen LogP) is -1.14. The Labute approximate surface area is 96.1 Å². The van der Waals surface area contributed by atoms with Crippen molar-refractivity contribution in [1.29, 1.82) is 0 Å². The second-order valence-electron chi connectivity index (χ2n) is 3.44. The third kappa shape index (κ3) is 8.19. The molecule has 94 valence electrons. The molecule has 1 unspecified atom stereocenters. The molecule has 0 aromatic heterocycles. The molecule has 0 saturated carbocycles. The maximum absolute atomic E-state index is 11.4. The first-order valence-corrected chi connectivity index (χ1v) is 5.32. The number of carbonyl (C=O) groups excluding carboxylic acids is 2. The summed E-state index contributed by atoms with van der Waals surface area (Å²) in [4.78, 5) is 22.0. The summed E-state index contributed by atoms with van der Waals surface area (Å²) >= 11 is 0. The van der Waals surface area contributed by atoms with E-state index in [9.17, 15) is 9.59 Å². The molecule has 0 aliphatic rings. The lowest BCUT2D eigenvalue weighted by Crippen LogP contribution is -2.45. The van der Waals surface area contributed by atoms with Gasteiger partial charge in [-0.3, -0.25) is 9.59 Å². The van der Waals surface area contributed by atoms with Crippen LogP contribution in [0.1, 0.15) is 13.8 Å². The number of nitrogens with one attached hydrogen (secondary N) is 3. The van der Waals surface area contributed by atoms with Crippen LogP contribution in [0.15, 0.2) is 0 Å². The molecule has 0 heterocycles. The first kappa shape index (κ1) is 14.9. The number of hydrogen-bond acceptors (Lipinski definition) is 4. The van der Waals surface area contributed by atoms with E-state index < -0.39 is 0 Å². The van der Waals surface area contributed by atoms with Gasteiger partial charge in [0.15, 0.2) is 0 Å². The zero-order valence-electron chi connectivity index (χ0n) is 10.1. The van der Waals surface area contributed by atoms with Gasteiger partial charge in [-0.1, -0.05) is 0 Å². The maximum Gasteiger partial charge on any atom is 0.236 e.